The molecule has 1 amide bonds. The van der Waals surface area contributed by atoms with Crippen LogP contribution in [0.1, 0.15) is 0 Å². The van der Waals surface area contributed by atoms with Crippen molar-refractivity contribution in [3.8, 4) is 0 Å². The van der Waals surface area contributed by atoms with Crippen molar-refractivity contribution in [2.45, 2.75) is 47.9 Å². The number of carbonyl (C=O) groups excluding carboxylic acids is 1. The third kappa shape index (κ3) is 4.33. The summed E-state index contributed by atoms with van der Waals surface area (Å²) in [5.41, 5.74) is -1.22. The highest BCUT2D eigenvalue weighted by Crippen LogP contribution is 2.62. The molecule has 20 heteroatoms. The second kappa shape index (κ2) is 8.92. The molecule has 0 aliphatic carbocycles. The molecule has 1 rings (SSSR count). The standard InChI is InChI=1S/C15H5Cl2F16NO/c16-4-2-1-3-5(17)6(4)34-8(35)10(22,23)12(26,27)14(30,31)15(32,33)13(28,29)11(24,25)9(20,21)7(18)19/h1-3,7H,(H,34,35). The Morgan fingerprint density at radius 1 is 0.657 bits per heavy atom. The first-order valence-electron chi connectivity index (χ1n) is 7.95. The fourth-order valence-electron chi connectivity index (χ4n) is 2.09. The van der Waals surface area contributed by atoms with Crippen molar-refractivity contribution >= 4 is 34.8 Å². The lowest BCUT2D eigenvalue weighted by molar-refractivity contribution is -0.443. The number of carbonyl (C=O) groups is 1. The Morgan fingerprint density at radius 2 is 1.00 bits per heavy atom. The molecule has 202 valence electrons. The van der Waals surface area contributed by atoms with Crippen LogP contribution in [-0.2, 0) is 4.79 Å². The van der Waals surface area contributed by atoms with Crippen LogP contribution >= 0.6 is 23.2 Å². The average Bonchev–Trinajstić information content (AvgIpc) is 2.69. The predicted molar refractivity (Wildman–Crippen MR) is 85.7 cm³/mol. The molecule has 0 saturated heterocycles. The molecule has 0 atom stereocenters. The molecular formula is C15H5Cl2F16NO. The van der Waals surface area contributed by atoms with E-state index in [1.54, 1.807) is 0 Å². The lowest BCUT2D eigenvalue weighted by Gasteiger charge is -2.42. The van der Waals surface area contributed by atoms with E-state index in [-0.39, 0.29) is 0 Å². The quantitative estimate of drug-likeness (QED) is 0.295. The molecule has 35 heavy (non-hydrogen) atoms. The third-order valence-electron chi connectivity index (χ3n) is 4.15. The highest BCUT2D eigenvalue weighted by atomic mass is 35.5. The third-order valence-corrected chi connectivity index (χ3v) is 4.78. The van der Waals surface area contributed by atoms with Crippen molar-refractivity contribution in [2.75, 3.05) is 5.32 Å². The van der Waals surface area contributed by atoms with Crippen LogP contribution in [-0.4, -0.2) is 53.8 Å². The zero-order valence-corrected chi connectivity index (χ0v) is 17.0. The van der Waals surface area contributed by atoms with Gasteiger partial charge in [0.15, 0.2) is 0 Å². The Morgan fingerprint density at radius 3 is 1.37 bits per heavy atom. The van der Waals surface area contributed by atoms with Crippen molar-refractivity contribution in [3.05, 3.63) is 28.2 Å². The zero-order valence-electron chi connectivity index (χ0n) is 15.5. The van der Waals surface area contributed by atoms with E-state index in [1.165, 1.54) is 0 Å². The van der Waals surface area contributed by atoms with Gasteiger partial charge in [-0.15, -0.1) is 0 Å². The maximum Gasteiger partial charge on any atom is 0.393 e. The summed E-state index contributed by atoms with van der Waals surface area (Å²) in [6.45, 7) is 0. The molecule has 0 radical (unpaired) electrons. The number of nitrogens with one attached hydrogen (secondary N) is 1. The molecule has 0 aromatic heterocycles. The van der Waals surface area contributed by atoms with Gasteiger partial charge in [0, 0.05) is 0 Å². The first-order chi connectivity index (χ1) is 15.3. The van der Waals surface area contributed by atoms with Crippen molar-refractivity contribution < 1.29 is 75.0 Å². The van der Waals surface area contributed by atoms with Gasteiger partial charge in [-0.1, -0.05) is 29.3 Å². The molecule has 1 N–H and O–H groups in total. The number of hydrogen-bond acceptors (Lipinski definition) is 1. The van der Waals surface area contributed by atoms with Crippen molar-refractivity contribution in [3.63, 3.8) is 0 Å². The van der Waals surface area contributed by atoms with E-state index in [0.29, 0.717) is 5.32 Å². The van der Waals surface area contributed by atoms with Crippen LogP contribution in [0.3, 0.4) is 0 Å². The Balaban J connectivity index is 3.59. The topological polar surface area (TPSA) is 29.1 Å². The van der Waals surface area contributed by atoms with E-state index in [2.05, 4.69) is 0 Å². The summed E-state index contributed by atoms with van der Waals surface area (Å²) >= 11 is 10.7. The molecule has 1 aromatic rings. The van der Waals surface area contributed by atoms with Crippen LogP contribution in [0.2, 0.25) is 10.0 Å². The van der Waals surface area contributed by atoms with Gasteiger partial charge >= 0.3 is 53.8 Å². The average molecular weight is 590 g/mol. The molecule has 1 aromatic carbocycles. The van der Waals surface area contributed by atoms with Crippen molar-refractivity contribution in [2.24, 2.45) is 0 Å². The van der Waals surface area contributed by atoms with Gasteiger partial charge in [0.05, 0.1) is 15.7 Å². The van der Waals surface area contributed by atoms with E-state index in [0.717, 1.165) is 18.2 Å². The minimum atomic E-state index is -8.60. The Labute approximate surface area is 192 Å². The molecule has 0 aliphatic rings. The fraction of sp³-hybridized carbons (Fsp3) is 0.533. The summed E-state index contributed by atoms with van der Waals surface area (Å²) in [5, 5.41) is -0.999. The molecule has 0 fully saturated rings. The van der Waals surface area contributed by atoms with Gasteiger partial charge in [-0.05, 0) is 12.1 Å². The monoisotopic (exact) mass is 589 g/mol. The molecule has 0 heterocycles. The lowest BCUT2D eigenvalue weighted by atomic mass is 9.89. The molecule has 0 aliphatic heterocycles. The normalized spacial score (nSPS) is 14.9. The first-order valence-corrected chi connectivity index (χ1v) is 8.70. The SMILES string of the molecule is O=C(Nc1c(Cl)cccc1Cl)C(F)(F)C(F)(F)C(F)(F)C(F)(F)C(F)(F)C(F)(F)C(F)(F)C(F)F. The maximum absolute atomic E-state index is 13.9. The smallest absolute Gasteiger partial charge is 0.318 e. The van der Waals surface area contributed by atoms with E-state index in [4.69, 9.17) is 23.2 Å². The van der Waals surface area contributed by atoms with Crippen LogP contribution in [0.4, 0.5) is 75.9 Å². The highest BCUT2D eigenvalue weighted by Gasteiger charge is 2.94. The van der Waals surface area contributed by atoms with E-state index >= 15 is 0 Å². The van der Waals surface area contributed by atoms with Gasteiger partial charge in [0.1, 0.15) is 0 Å². The Kier molecular flexibility index (Phi) is 7.94. The summed E-state index contributed by atoms with van der Waals surface area (Å²) in [7, 11) is 0. The fourth-order valence-corrected chi connectivity index (χ4v) is 2.58. The molecule has 0 saturated carbocycles. The predicted octanol–water partition coefficient (Wildman–Crippen LogP) is 7.64. The molecular weight excluding hydrogens is 585 g/mol. The minimum Gasteiger partial charge on any atom is -0.318 e. The Hall–Kier alpha value is -1.85. The summed E-state index contributed by atoms with van der Waals surface area (Å²) in [6, 6.07) is 2.42. The first kappa shape index (κ1) is 31.2. The van der Waals surface area contributed by atoms with Gasteiger partial charge in [0.2, 0.25) is 0 Å². The molecule has 0 spiro atoms. The summed E-state index contributed by atoms with van der Waals surface area (Å²) in [4.78, 5) is 11.5. The minimum absolute atomic E-state index is 0.691. The number of halogens is 18. The second-order valence-electron chi connectivity index (χ2n) is 6.42. The largest absolute Gasteiger partial charge is 0.393 e. The molecule has 0 unspecified atom stereocenters. The number of para-hydroxylation sites is 1. The number of alkyl halides is 16. The van der Waals surface area contributed by atoms with Gasteiger partial charge in [0.25, 0.3) is 0 Å². The highest BCUT2D eigenvalue weighted by molar-refractivity contribution is 6.39. The van der Waals surface area contributed by atoms with Crippen LogP contribution in [0.5, 0.6) is 0 Å². The van der Waals surface area contributed by atoms with Crippen LogP contribution in [0.15, 0.2) is 18.2 Å². The van der Waals surface area contributed by atoms with E-state index < -0.39 is 69.5 Å². The van der Waals surface area contributed by atoms with Gasteiger partial charge < -0.3 is 5.32 Å². The number of hydrogen-bond donors (Lipinski definition) is 1. The number of benzene rings is 1. The summed E-state index contributed by atoms with van der Waals surface area (Å²) in [6.07, 6.45) is -5.94. The van der Waals surface area contributed by atoms with Crippen molar-refractivity contribution in [1.82, 2.24) is 0 Å². The van der Waals surface area contributed by atoms with Gasteiger partial charge in [-0.25, -0.2) is 8.78 Å². The zero-order chi connectivity index (χ0) is 28.2. The number of anilines is 1. The van der Waals surface area contributed by atoms with Crippen LogP contribution in [0.25, 0.3) is 0 Å². The Bertz CT molecular complexity index is 944. The van der Waals surface area contributed by atoms with Gasteiger partial charge in [-0.2, -0.15) is 61.5 Å². The maximum atomic E-state index is 13.9. The van der Waals surface area contributed by atoms with Crippen LogP contribution < -0.4 is 5.32 Å². The second-order valence-corrected chi connectivity index (χ2v) is 7.24. The lowest BCUT2D eigenvalue weighted by Crippen LogP contribution is -2.74. The van der Waals surface area contributed by atoms with Gasteiger partial charge in [-0.3, -0.25) is 4.79 Å². The van der Waals surface area contributed by atoms with E-state index in [9.17, 15) is 75.0 Å². The van der Waals surface area contributed by atoms with Crippen molar-refractivity contribution in [1.29, 1.82) is 0 Å². The van der Waals surface area contributed by atoms with E-state index in [1.807, 2.05) is 0 Å². The number of rotatable bonds is 9. The summed E-state index contributed by atoms with van der Waals surface area (Å²) in [5.74, 6) is -60.3. The number of amides is 1. The molecule has 2 nitrogen and oxygen atoms in total. The molecule has 0 bridgehead atoms. The van der Waals surface area contributed by atoms with Crippen LogP contribution in [0, 0.1) is 0 Å². The summed E-state index contributed by atoms with van der Waals surface area (Å²) < 4.78 is 212.